The van der Waals surface area contributed by atoms with Gasteiger partial charge in [0.2, 0.25) is 0 Å². The summed E-state index contributed by atoms with van der Waals surface area (Å²) in [4.78, 5) is 4.90. The highest BCUT2D eigenvalue weighted by Gasteiger charge is 2.26. The van der Waals surface area contributed by atoms with E-state index in [-0.39, 0.29) is 10.8 Å². The summed E-state index contributed by atoms with van der Waals surface area (Å²) in [6, 6.07) is 6.08. The molecular formula is C15H22FN3S. The molecule has 110 valence electrons. The monoisotopic (exact) mass is 295 g/mol. The lowest BCUT2D eigenvalue weighted by Crippen LogP contribution is -2.54. The maximum Gasteiger partial charge on any atom is 0.133 e. The van der Waals surface area contributed by atoms with E-state index in [2.05, 4.69) is 30.7 Å². The molecule has 2 N–H and O–H groups in total. The number of rotatable bonds is 3. The molecule has 1 aromatic rings. The Bertz CT molecular complexity index is 494. The Hall–Kier alpha value is -1.04. The molecule has 0 aromatic heterocycles. The van der Waals surface area contributed by atoms with Gasteiger partial charge in [0.15, 0.2) is 0 Å². The van der Waals surface area contributed by atoms with Crippen molar-refractivity contribution in [1.29, 1.82) is 0 Å². The molecule has 0 radical (unpaired) electrons. The second-order valence-corrected chi connectivity index (χ2v) is 6.18. The molecule has 1 aliphatic heterocycles. The van der Waals surface area contributed by atoms with Gasteiger partial charge < -0.3 is 5.73 Å². The number of nitrogens with two attached hydrogens (primary N) is 1. The van der Waals surface area contributed by atoms with E-state index in [1.807, 2.05) is 6.07 Å². The fraction of sp³-hybridized carbons (Fsp3) is 0.533. The number of thiocarbonyl (C=S) groups is 1. The molecule has 1 aliphatic rings. The van der Waals surface area contributed by atoms with Gasteiger partial charge in [0.1, 0.15) is 10.8 Å². The molecule has 0 aliphatic carbocycles. The van der Waals surface area contributed by atoms with Gasteiger partial charge in [-0.1, -0.05) is 18.3 Å². The first-order valence-electron chi connectivity index (χ1n) is 6.91. The number of hydrogen-bond acceptors (Lipinski definition) is 3. The quantitative estimate of drug-likeness (QED) is 0.864. The third kappa shape index (κ3) is 3.34. The molecule has 1 heterocycles. The number of benzene rings is 1. The molecule has 0 amide bonds. The summed E-state index contributed by atoms with van der Waals surface area (Å²) in [7, 11) is 2.16. The third-order valence-electron chi connectivity index (χ3n) is 4.14. The Morgan fingerprint density at radius 1 is 1.35 bits per heavy atom. The van der Waals surface area contributed by atoms with Crippen LogP contribution in [-0.4, -0.2) is 47.0 Å². The Morgan fingerprint density at radius 2 is 1.95 bits per heavy atom. The fourth-order valence-corrected chi connectivity index (χ4v) is 2.92. The highest BCUT2D eigenvalue weighted by Crippen LogP contribution is 2.18. The lowest BCUT2D eigenvalue weighted by atomic mass is 10.1. The van der Waals surface area contributed by atoms with E-state index in [0.29, 0.717) is 17.6 Å². The summed E-state index contributed by atoms with van der Waals surface area (Å²) in [5.74, 6) is -0.346. The van der Waals surface area contributed by atoms with Crippen LogP contribution in [0, 0.1) is 5.82 Å². The highest BCUT2D eigenvalue weighted by molar-refractivity contribution is 7.80. The van der Waals surface area contributed by atoms with Gasteiger partial charge in [-0.25, -0.2) is 4.39 Å². The third-order valence-corrected chi connectivity index (χ3v) is 4.36. The zero-order valence-corrected chi connectivity index (χ0v) is 13.1. The van der Waals surface area contributed by atoms with Gasteiger partial charge in [-0.05, 0) is 38.6 Å². The van der Waals surface area contributed by atoms with E-state index in [1.165, 1.54) is 6.07 Å². The first-order chi connectivity index (χ1) is 9.38. The Morgan fingerprint density at radius 3 is 2.50 bits per heavy atom. The smallest absolute Gasteiger partial charge is 0.133 e. The fourth-order valence-electron chi connectivity index (χ4n) is 2.76. The molecule has 2 atom stereocenters. The molecule has 3 nitrogen and oxygen atoms in total. The molecule has 2 rings (SSSR count). The van der Waals surface area contributed by atoms with E-state index in [0.717, 1.165) is 25.2 Å². The predicted molar refractivity (Wildman–Crippen MR) is 84.3 cm³/mol. The van der Waals surface area contributed by atoms with Gasteiger partial charge in [-0.15, -0.1) is 0 Å². The minimum Gasteiger partial charge on any atom is -0.389 e. The van der Waals surface area contributed by atoms with Crippen molar-refractivity contribution in [3.63, 3.8) is 0 Å². The number of piperazine rings is 1. The highest BCUT2D eigenvalue weighted by atomic mass is 32.1. The van der Waals surface area contributed by atoms with Gasteiger partial charge in [0, 0.05) is 37.3 Å². The summed E-state index contributed by atoms with van der Waals surface area (Å²) in [6.45, 7) is 7.29. The van der Waals surface area contributed by atoms with Gasteiger partial charge in [-0.3, -0.25) is 9.80 Å². The first kappa shape index (κ1) is 15.4. The van der Waals surface area contributed by atoms with Crippen LogP contribution < -0.4 is 5.73 Å². The molecular weight excluding hydrogens is 273 g/mol. The minimum absolute atomic E-state index is 0.115. The molecule has 0 bridgehead atoms. The Labute approximate surface area is 125 Å². The standard InChI is InChI=1S/C15H22FN3S/c1-10-7-19(8-11(2)18(10)3)9-12-4-5-14(16)13(6-12)15(17)20/h4-6,10-11H,7-9H2,1-3H3,(H2,17,20). The summed E-state index contributed by atoms with van der Waals surface area (Å²) in [5.41, 5.74) is 6.94. The molecule has 2 unspecified atom stereocenters. The molecule has 1 aromatic carbocycles. The van der Waals surface area contributed by atoms with E-state index < -0.39 is 0 Å². The van der Waals surface area contributed by atoms with Crippen LogP contribution in [0.3, 0.4) is 0 Å². The second-order valence-electron chi connectivity index (χ2n) is 5.74. The van der Waals surface area contributed by atoms with Crippen molar-refractivity contribution < 1.29 is 4.39 Å². The van der Waals surface area contributed by atoms with Gasteiger partial charge in [-0.2, -0.15) is 0 Å². The number of likely N-dealkylation sites (N-methyl/N-ethyl adjacent to an activating group) is 1. The summed E-state index contributed by atoms with van der Waals surface area (Å²) in [5, 5.41) is 0. The second kappa shape index (κ2) is 6.16. The van der Waals surface area contributed by atoms with Crippen molar-refractivity contribution in [1.82, 2.24) is 9.80 Å². The van der Waals surface area contributed by atoms with Crippen LogP contribution in [0.2, 0.25) is 0 Å². The minimum atomic E-state index is -0.346. The van der Waals surface area contributed by atoms with Crippen LogP contribution in [0.15, 0.2) is 18.2 Å². The lowest BCUT2D eigenvalue weighted by Gasteiger charge is -2.42. The average molecular weight is 295 g/mol. The van der Waals surface area contributed by atoms with Crippen LogP contribution in [0.1, 0.15) is 25.0 Å². The van der Waals surface area contributed by atoms with Crippen molar-refractivity contribution >= 4 is 17.2 Å². The molecule has 1 saturated heterocycles. The van der Waals surface area contributed by atoms with Crippen molar-refractivity contribution in [2.45, 2.75) is 32.5 Å². The van der Waals surface area contributed by atoms with Crippen molar-refractivity contribution in [2.24, 2.45) is 5.73 Å². The van der Waals surface area contributed by atoms with E-state index in [9.17, 15) is 4.39 Å². The van der Waals surface area contributed by atoms with E-state index in [4.69, 9.17) is 18.0 Å². The predicted octanol–water partition coefficient (Wildman–Crippen LogP) is 1.98. The molecule has 20 heavy (non-hydrogen) atoms. The summed E-state index contributed by atoms with van der Waals surface area (Å²) in [6.07, 6.45) is 0. The molecule has 5 heteroatoms. The van der Waals surface area contributed by atoms with Crippen LogP contribution in [0.25, 0.3) is 0 Å². The van der Waals surface area contributed by atoms with Gasteiger partial charge in [0.05, 0.1) is 0 Å². The van der Waals surface area contributed by atoms with Gasteiger partial charge in [0.25, 0.3) is 0 Å². The van der Waals surface area contributed by atoms with Crippen LogP contribution in [-0.2, 0) is 6.54 Å². The first-order valence-corrected chi connectivity index (χ1v) is 7.32. The van der Waals surface area contributed by atoms with Crippen molar-refractivity contribution in [2.75, 3.05) is 20.1 Å². The van der Waals surface area contributed by atoms with Crippen LogP contribution in [0.5, 0.6) is 0 Å². The van der Waals surface area contributed by atoms with E-state index in [1.54, 1.807) is 6.07 Å². The SMILES string of the molecule is CC1CN(Cc2ccc(F)c(C(N)=S)c2)CC(C)N1C. The zero-order chi connectivity index (χ0) is 14.9. The molecule has 1 fully saturated rings. The van der Waals surface area contributed by atoms with E-state index >= 15 is 0 Å². The number of nitrogens with zero attached hydrogens (tertiary/aromatic N) is 2. The normalized spacial score (nSPS) is 24.8. The summed E-state index contributed by atoms with van der Waals surface area (Å²) >= 11 is 4.88. The Kier molecular flexibility index (Phi) is 4.73. The average Bonchev–Trinajstić information content (AvgIpc) is 2.38. The van der Waals surface area contributed by atoms with Crippen molar-refractivity contribution in [3.8, 4) is 0 Å². The molecule has 0 saturated carbocycles. The van der Waals surface area contributed by atoms with Crippen LogP contribution in [0.4, 0.5) is 4.39 Å². The number of hydrogen-bond donors (Lipinski definition) is 1. The van der Waals surface area contributed by atoms with Crippen molar-refractivity contribution in [3.05, 3.63) is 35.1 Å². The number of halogens is 1. The Balaban J connectivity index is 2.11. The topological polar surface area (TPSA) is 32.5 Å². The lowest BCUT2D eigenvalue weighted by molar-refractivity contribution is 0.0556. The maximum atomic E-state index is 13.6. The summed E-state index contributed by atoms with van der Waals surface area (Å²) < 4.78 is 13.6. The van der Waals surface area contributed by atoms with Gasteiger partial charge >= 0.3 is 0 Å². The maximum absolute atomic E-state index is 13.6. The zero-order valence-electron chi connectivity index (χ0n) is 12.3. The molecule has 0 spiro atoms. The van der Waals surface area contributed by atoms with Crippen LogP contribution >= 0.6 is 12.2 Å². The largest absolute Gasteiger partial charge is 0.389 e.